The molecule has 0 N–H and O–H groups in total. The van der Waals surface area contributed by atoms with Crippen LogP contribution < -0.4 is 0 Å². The molecule has 4 heterocycles. The average Bonchev–Trinajstić information content (AvgIpc) is 3.39. The highest BCUT2D eigenvalue weighted by Crippen LogP contribution is 2.35. The number of carbonyl (C=O) groups is 1. The molecule has 1 aliphatic heterocycles. The zero-order valence-corrected chi connectivity index (χ0v) is 15.1. The lowest BCUT2D eigenvalue weighted by Gasteiger charge is -2.23. The van der Waals surface area contributed by atoms with E-state index in [1.54, 1.807) is 22.3 Å². The molecule has 0 radical (unpaired) electrons. The number of thioether (sulfide) groups is 1. The van der Waals surface area contributed by atoms with E-state index in [0.29, 0.717) is 17.5 Å². The number of hydrogen-bond acceptors (Lipinski definition) is 7. The number of amides is 1. The number of rotatable bonds is 6. The Morgan fingerprint density at radius 1 is 1.40 bits per heavy atom. The molecule has 7 nitrogen and oxygen atoms in total. The van der Waals surface area contributed by atoms with Gasteiger partial charge < -0.3 is 9.32 Å². The van der Waals surface area contributed by atoms with Gasteiger partial charge in [-0.2, -0.15) is 0 Å². The van der Waals surface area contributed by atoms with Crippen molar-refractivity contribution < 1.29 is 9.21 Å². The summed E-state index contributed by atoms with van der Waals surface area (Å²) in [6.07, 6.45) is 3.70. The summed E-state index contributed by atoms with van der Waals surface area (Å²) in [4.78, 5) is 15.9. The molecule has 0 aliphatic carbocycles. The van der Waals surface area contributed by atoms with E-state index in [1.165, 1.54) is 16.6 Å². The van der Waals surface area contributed by atoms with E-state index in [-0.39, 0.29) is 11.9 Å². The second-order valence-electron chi connectivity index (χ2n) is 5.75. The van der Waals surface area contributed by atoms with Gasteiger partial charge in [-0.1, -0.05) is 17.8 Å². The minimum atomic E-state index is 0.133. The first kappa shape index (κ1) is 16.3. The zero-order chi connectivity index (χ0) is 17.1. The number of likely N-dealkylation sites (tertiary alicyclic amines) is 1. The smallest absolute Gasteiger partial charge is 0.233 e. The Kier molecular flexibility index (Phi) is 4.84. The number of nitrogens with zero attached hydrogens (tertiary/aromatic N) is 5. The van der Waals surface area contributed by atoms with Crippen LogP contribution in [0, 0.1) is 0 Å². The van der Waals surface area contributed by atoms with Crippen LogP contribution in [0.5, 0.6) is 0 Å². The van der Waals surface area contributed by atoms with Gasteiger partial charge in [0.05, 0.1) is 18.1 Å². The van der Waals surface area contributed by atoms with E-state index in [4.69, 9.17) is 4.42 Å². The van der Waals surface area contributed by atoms with Gasteiger partial charge in [-0.05, 0) is 46.8 Å². The summed E-state index contributed by atoms with van der Waals surface area (Å²) in [5.74, 6) is 1.24. The summed E-state index contributed by atoms with van der Waals surface area (Å²) in [5, 5.41) is 14.4. The maximum atomic E-state index is 12.7. The molecule has 1 fully saturated rings. The van der Waals surface area contributed by atoms with Crippen LogP contribution >= 0.6 is 23.1 Å². The van der Waals surface area contributed by atoms with E-state index in [0.717, 1.165) is 25.1 Å². The Balaban J connectivity index is 1.38. The Labute approximate surface area is 153 Å². The molecule has 4 rings (SSSR count). The lowest BCUT2D eigenvalue weighted by atomic mass is 10.2. The quantitative estimate of drug-likeness (QED) is 0.617. The lowest BCUT2D eigenvalue weighted by molar-refractivity contribution is -0.129. The molecule has 0 aromatic carbocycles. The fraction of sp³-hybridized carbons (Fsp3) is 0.375. The van der Waals surface area contributed by atoms with E-state index in [2.05, 4.69) is 27.0 Å². The largest absolute Gasteiger partial charge is 0.467 e. The highest BCUT2D eigenvalue weighted by atomic mass is 32.2. The van der Waals surface area contributed by atoms with Gasteiger partial charge in [0.2, 0.25) is 11.1 Å². The predicted octanol–water partition coefficient (Wildman–Crippen LogP) is 2.83. The maximum Gasteiger partial charge on any atom is 0.233 e. The highest BCUT2D eigenvalue weighted by Gasteiger charge is 2.30. The van der Waals surface area contributed by atoms with Crippen molar-refractivity contribution in [3.63, 3.8) is 0 Å². The third-order valence-electron chi connectivity index (χ3n) is 4.15. The van der Waals surface area contributed by atoms with Gasteiger partial charge in [0.1, 0.15) is 12.3 Å². The van der Waals surface area contributed by atoms with Gasteiger partial charge in [-0.25, -0.2) is 4.68 Å². The van der Waals surface area contributed by atoms with E-state index in [9.17, 15) is 4.79 Å². The third kappa shape index (κ3) is 3.62. The topological polar surface area (TPSA) is 77.0 Å². The SMILES string of the molecule is O=C(CSc1nnnn1Cc1ccco1)N1CCC[C@@H]1c1cccs1. The van der Waals surface area contributed by atoms with Gasteiger partial charge in [-0.15, -0.1) is 16.4 Å². The number of tetrazole rings is 1. The molecule has 1 saturated heterocycles. The Bertz CT molecular complexity index is 816. The van der Waals surface area contributed by atoms with Crippen molar-refractivity contribution in [2.45, 2.75) is 30.6 Å². The molecular weight excluding hydrogens is 358 g/mol. The van der Waals surface area contributed by atoms with Crippen LogP contribution in [0.25, 0.3) is 0 Å². The summed E-state index contributed by atoms with van der Waals surface area (Å²) < 4.78 is 6.97. The first-order chi connectivity index (χ1) is 12.3. The monoisotopic (exact) mass is 375 g/mol. The Morgan fingerprint density at radius 2 is 2.36 bits per heavy atom. The van der Waals surface area contributed by atoms with Crippen LogP contribution in [0.2, 0.25) is 0 Å². The van der Waals surface area contributed by atoms with Gasteiger partial charge in [0, 0.05) is 11.4 Å². The van der Waals surface area contributed by atoms with Crippen LogP contribution in [0.3, 0.4) is 0 Å². The standard InChI is InChI=1S/C16H17N5O2S2/c22-15(20-7-1-5-13(20)14-6-3-9-24-14)11-25-16-17-18-19-21(16)10-12-4-2-8-23-12/h2-4,6,8-9,13H,1,5,7,10-11H2/t13-/m1/s1. The van der Waals surface area contributed by atoms with Crippen LogP contribution in [0.4, 0.5) is 0 Å². The van der Waals surface area contributed by atoms with Gasteiger partial charge in [0.25, 0.3) is 0 Å². The molecule has 0 saturated carbocycles. The second kappa shape index (κ2) is 7.40. The molecule has 0 unspecified atom stereocenters. The maximum absolute atomic E-state index is 12.7. The molecule has 3 aromatic rings. The van der Waals surface area contributed by atoms with Crippen molar-refractivity contribution in [2.75, 3.05) is 12.3 Å². The highest BCUT2D eigenvalue weighted by molar-refractivity contribution is 7.99. The van der Waals surface area contributed by atoms with E-state index < -0.39 is 0 Å². The van der Waals surface area contributed by atoms with Gasteiger partial charge in [-0.3, -0.25) is 4.79 Å². The predicted molar refractivity (Wildman–Crippen MR) is 94.4 cm³/mol. The molecule has 0 bridgehead atoms. The summed E-state index contributed by atoms with van der Waals surface area (Å²) in [6.45, 7) is 1.28. The molecule has 9 heteroatoms. The van der Waals surface area contributed by atoms with Gasteiger partial charge in [0.15, 0.2) is 0 Å². The molecule has 1 amide bonds. The Morgan fingerprint density at radius 3 is 3.16 bits per heavy atom. The number of aromatic nitrogens is 4. The third-order valence-corrected chi connectivity index (χ3v) is 6.07. The first-order valence-electron chi connectivity index (χ1n) is 8.05. The summed E-state index contributed by atoms with van der Waals surface area (Å²) in [6, 6.07) is 8.06. The minimum Gasteiger partial charge on any atom is -0.467 e. The Hall–Kier alpha value is -2.13. The number of carbonyl (C=O) groups excluding carboxylic acids is 1. The van der Waals surface area contributed by atoms with E-state index >= 15 is 0 Å². The van der Waals surface area contributed by atoms with Crippen LogP contribution in [-0.4, -0.2) is 43.3 Å². The van der Waals surface area contributed by atoms with Crippen molar-refractivity contribution >= 4 is 29.0 Å². The summed E-state index contributed by atoms with van der Waals surface area (Å²) >= 11 is 3.08. The van der Waals surface area contributed by atoms with E-state index in [1.807, 2.05) is 23.1 Å². The average molecular weight is 375 g/mol. The lowest BCUT2D eigenvalue weighted by Crippen LogP contribution is -2.31. The molecule has 25 heavy (non-hydrogen) atoms. The van der Waals surface area contributed by atoms with Crippen molar-refractivity contribution in [3.8, 4) is 0 Å². The van der Waals surface area contributed by atoms with Crippen LogP contribution in [0.1, 0.15) is 29.5 Å². The normalized spacial score (nSPS) is 17.3. The van der Waals surface area contributed by atoms with Crippen molar-refractivity contribution in [1.29, 1.82) is 0 Å². The first-order valence-corrected chi connectivity index (χ1v) is 9.92. The van der Waals surface area contributed by atoms with Crippen LogP contribution in [0.15, 0.2) is 45.5 Å². The molecule has 1 aliphatic rings. The van der Waals surface area contributed by atoms with Crippen LogP contribution in [-0.2, 0) is 11.3 Å². The number of furan rings is 1. The molecule has 0 spiro atoms. The number of hydrogen-bond donors (Lipinski definition) is 0. The zero-order valence-electron chi connectivity index (χ0n) is 13.4. The molecular formula is C16H17N5O2S2. The molecule has 3 aromatic heterocycles. The van der Waals surface area contributed by atoms with Crippen molar-refractivity contribution in [3.05, 3.63) is 46.5 Å². The summed E-state index contributed by atoms with van der Waals surface area (Å²) in [5.41, 5.74) is 0. The van der Waals surface area contributed by atoms with Gasteiger partial charge >= 0.3 is 0 Å². The fourth-order valence-corrected chi connectivity index (χ4v) is 4.64. The number of thiophene rings is 1. The van der Waals surface area contributed by atoms with Crippen molar-refractivity contribution in [2.24, 2.45) is 0 Å². The summed E-state index contributed by atoms with van der Waals surface area (Å²) in [7, 11) is 0. The van der Waals surface area contributed by atoms with Crippen molar-refractivity contribution in [1.82, 2.24) is 25.1 Å². The minimum absolute atomic E-state index is 0.133. The second-order valence-corrected chi connectivity index (χ2v) is 7.67. The molecule has 1 atom stereocenters. The molecule has 130 valence electrons. The fourth-order valence-electron chi connectivity index (χ4n) is 3.00.